The fourth-order valence-electron chi connectivity index (χ4n) is 12.0. The zero-order valence-electron chi connectivity index (χ0n) is 36.5. The molecule has 4 aliphatic carbocycles. The SMILES string of the molecule is CCC(CCCC1CCC2C3CC=C4CC(OC(=O)N(CCCCNCCC(N)(CC)CC)CCC(N)(CC)CC)CCC4(C)C3CCC12C)C(C)C. The Kier molecular flexibility index (Phi) is 16.7. The number of nitrogens with zero attached hydrogens (tertiary/aromatic N) is 1. The topological polar surface area (TPSA) is 93.6 Å². The molecule has 0 aromatic carbocycles. The predicted octanol–water partition coefficient (Wildman–Crippen LogP) is 11.4. The molecule has 3 saturated carbocycles. The van der Waals surface area contributed by atoms with Gasteiger partial charge in [0.25, 0.3) is 0 Å². The van der Waals surface area contributed by atoms with E-state index < -0.39 is 0 Å². The van der Waals surface area contributed by atoms with Crippen LogP contribution >= 0.6 is 0 Å². The molecule has 0 bridgehead atoms. The van der Waals surface area contributed by atoms with Gasteiger partial charge in [-0.15, -0.1) is 0 Å². The van der Waals surface area contributed by atoms with Crippen LogP contribution in [0.25, 0.3) is 0 Å². The third-order valence-corrected chi connectivity index (χ3v) is 16.9. The minimum atomic E-state index is -0.231. The molecule has 5 N–H and O–H groups in total. The molecule has 4 rings (SSSR count). The monoisotopic (exact) mass is 741 g/mol. The minimum Gasteiger partial charge on any atom is -0.446 e. The Balaban J connectivity index is 1.32. The second kappa shape index (κ2) is 19.8. The Labute approximate surface area is 328 Å². The minimum absolute atomic E-state index is 0.0151. The van der Waals surface area contributed by atoms with Crippen molar-refractivity contribution in [3.05, 3.63) is 11.6 Å². The van der Waals surface area contributed by atoms with Gasteiger partial charge in [-0.2, -0.15) is 0 Å². The van der Waals surface area contributed by atoms with Crippen LogP contribution in [-0.4, -0.2) is 54.4 Å². The fraction of sp³-hybridized carbons (Fsp3) is 0.936. The second-order valence-corrected chi connectivity index (χ2v) is 19.8. The number of carbonyl (C=O) groups is 1. The Morgan fingerprint density at radius 2 is 1.58 bits per heavy atom. The van der Waals surface area contributed by atoms with Crippen LogP contribution in [-0.2, 0) is 4.74 Å². The largest absolute Gasteiger partial charge is 0.446 e. The number of amides is 1. The van der Waals surface area contributed by atoms with Crippen LogP contribution < -0.4 is 16.8 Å². The summed E-state index contributed by atoms with van der Waals surface area (Å²) < 4.78 is 6.43. The van der Waals surface area contributed by atoms with E-state index in [1.807, 2.05) is 4.90 Å². The molecule has 6 heteroatoms. The maximum atomic E-state index is 13.9. The lowest BCUT2D eigenvalue weighted by atomic mass is 9.47. The first-order chi connectivity index (χ1) is 25.2. The molecule has 6 nitrogen and oxygen atoms in total. The molecule has 8 unspecified atom stereocenters. The first-order valence-electron chi connectivity index (χ1n) is 23.1. The molecule has 3 fully saturated rings. The van der Waals surface area contributed by atoms with E-state index in [0.29, 0.717) is 12.0 Å². The van der Waals surface area contributed by atoms with Gasteiger partial charge in [-0.3, -0.25) is 0 Å². The van der Waals surface area contributed by atoms with E-state index in [4.69, 9.17) is 16.2 Å². The molecule has 0 aliphatic heterocycles. The van der Waals surface area contributed by atoms with E-state index in [9.17, 15) is 4.79 Å². The zero-order valence-corrected chi connectivity index (χ0v) is 36.5. The van der Waals surface area contributed by atoms with Gasteiger partial charge < -0.3 is 26.4 Å². The average molecular weight is 741 g/mol. The summed E-state index contributed by atoms with van der Waals surface area (Å²) in [6.45, 7) is 24.5. The first-order valence-corrected chi connectivity index (χ1v) is 23.1. The van der Waals surface area contributed by atoms with Crippen molar-refractivity contribution in [3.8, 4) is 0 Å². The molecule has 0 aromatic heterocycles. The van der Waals surface area contributed by atoms with E-state index >= 15 is 0 Å². The molecule has 0 saturated heterocycles. The smallest absolute Gasteiger partial charge is 0.410 e. The van der Waals surface area contributed by atoms with Crippen LogP contribution in [0.1, 0.15) is 191 Å². The third kappa shape index (κ3) is 10.8. The second-order valence-electron chi connectivity index (χ2n) is 19.8. The number of hydrogen-bond acceptors (Lipinski definition) is 5. The highest BCUT2D eigenvalue weighted by molar-refractivity contribution is 5.68. The Bertz CT molecular complexity index is 1150. The molecule has 1 amide bonds. The molecule has 8 atom stereocenters. The van der Waals surface area contributed by atoms with E-state index in [2.05, 4.69) is 73.7 Å². The summed E-state index contributed by atoms with van der Waals surface area (Å²) in [6, 6.07) is 0. The van der Waals surface area contributed by atoms with Crippen molar-refractivity contribution in [1.82, 2.24) is 10.2 Å². The van der Waals surface area contributed by atoms with Gasteiger partial charge in [0.15, 0.2) is 0 Å². The van der Waals surface area contributed by atoms with Gasteiger partial charge in [0.2, 0.25) is 0 Å². The van der Waals surface area contributed by atoms with Gasteiger partial charge in [-0.1, -0.05) is 93.2 Å². The van der Waals surface area contributed by atoms with Crippen LogP contribution in [0.5, 0.6) is 0 Å². The van der Waals surface area contributed by atoms with Crippen molar-refractivity contribution in [2.24, 2.45) is 57.8 Å². The number of nitrogens with two attached hydrogens (primary N) is 2. The van der Waals surface area contributed by atoms with Crippen molar-refractivity contribution in [3.63, 3.8) is 0 Å². The lowest BCUT2D eigenvalue weighted by Crippen LogP contribution is -2.51. The number of fused-ring (bicyclic) bond motifs is 5. The summed E-state index contributed by atoms with van der Waals surface area (Å²) in [4.78, 5) is 15.9. The highest BCUT2D eigenvalue weighted by Gasteiger charge is 2.58. The summed E-state index contributed by atoms with van der Waals surface area (Å²) in [5, 5.41) is 3.59. The molecule has 308 valence electrons. The Morgan fingerprint density at radius 1 is 0.887 bits per heavy atom. The van der Waals surface area contributed by atoms with Crippen molar-refractivity contribution in [2.75, 3.05) is 26.2 Å². The van der Waals surface area contributed by atoms with Crippen LogP contribution in [0.15, 0.2) is 11.6 Å². The normalized spacial score (nSPS) is 30.7. The number of carbonyl (C=O) groups excluding carboxylic acids is 1. The quantitative estimate of drug-likeness (QED) is 0.0759. The number of hydrogen-bond donors (Lipinski definition) is 3. The van der Waals surface area contributed by atoms with E-state index in [1.54, 1.807) is 5.57 Å². The van der Waals surface area contributed by atoms with Crippen LogP contribution in [0, 0.1) is 46.3 Å². The summed E-state index contributed by atoms with van der Waals surface area (Å²) in [7, 11) is 0. The van der Waals surface area contributed by atoms with Crippen LogP contribution in [0.2, 0.25) is 0 Å². The highest BCUT2D eigenvalue weighted by atomic mass is 16.6. The number of nitrogens with one attached hydrogen (secondary N) is 1. The molecule has 53 heavy (non-hydrogen) atoms. The molecular weight excluding hydrogens is 653 g/mol. The highest BCUT2D eigenvalue weighted by Crippen LogP contribution is 2.67. The summed E-state index contributed by atoms with van der Waals surface area (Å²) in [5.74, 6) is 5.13. The molecule has 0 aromatic rings. The Hall–Kier alpha value is -1.11. The van der Waals surface area contributed by atoms with Crippen molar-refractivity contribution >= 4 is 6.09 Å². The Morgan fingerprint density at radius 3 is 2.25 bits per heavy atom. The maximum absolute atomic E-state index is 13.9. The van der Waals surface area contributed by atoms with Crippen molar-refractivity contribution in [2.45, 2.75) is 208 Å². The van der Waals surface area contributed by atoms with Gasteiger partial charge in [0, 0.05) is 30.6 Å². The van der Waals surface area contributed by atoms with Crippen LogP contribution in [0.3, 0.4) is 0 Å². The maximum Gasteiger partial charge on any atom is 0.410 e. The number of allylic oxidation sites excluding steroid dienone is 1. The predicted molar refractivity (Wildman–Crippen MR) is 226 cm³/mol. The lowest BCUT2D eigenvalue weighted by Gasteiger charge is -2.58. The van der Waals surface area contributed by atoms with E-state index in [-0.39, 0.29) is 28.7 Å². The standard InChI is InChI=1S/C47H88N4O2/c1-10-36(35(6)7)18-17-19-37-21-23-41-40-22-20-38-34-39(24-26-45(38,9)42(40)25-27-44(37,41)8)53-43(52)51(33-29-47(49,13-4)14-5)32-16-15-30-50-31-28-46(48,11-2)12-3/h20,35-37,39-42,50H,10-19,21-34,48-49H2,1-9H3. The van der Waals surface area contributed by atoms with Crippen molar-refractivity contribution < 1.29 is 9.53 Å². The third-order valence-electron chi connectivity index (χ3n) is 16.9. The fourth-order valence-corrected chi connectivity index (χ4v) is 12.0. The molecule has 0 heterocycles. The van der Waals surface area contributed by atoms with Crippen molar-refractivity contribution in [1.29, 1.82) is 0 Å². The molecule has 4 aliphatic rings. The van der Waals surface area contributed by atoms with E-state index in [0.717, 1.165) is 126 Å². The van der Waals surface area contributed by atoms with Crippen LogP contribution in [0.4, 0.5) is 4.79 Å². The summed E-state index contributed by atoms with van der Waals surface area (Å²) >= 11 is 0. The van der Waals surface area contributed by atoms with Gasteiger partial charge in [-0.25, -0.2) is 4.79 Å². The number of ether oxygens (including phenoxy) is 1. The molecule has 0 spiro atoms. The van der Waals surface area contributed by atoms with Gasteiger partial charge in [0.1, 0.15) is 6.10 Å². The average Bonchev–Trinajstić information content (AvgIpc) is 3.49. The number of rotatable bonds is 22. The lowest BCUT2D eigenvalue weighted by molar-refractivity contribution is -0.0535. The summed E-state index contributed by atoms with van der Waals surface area (Å²) in [5.41, 5.74) is 15.3. The van der Waals surface area contributed by atoms with Gasteiger partial charge >= 0.3 is 6.09 Å². The van der Waals surface area contributed by atoms with Gasteiger partial charge in [-0.05, 0) is 162 Å². The summed E-state index contributed by atoms with van der Waals surface area (Å²) in [6.07, 6.45) is 25.8. The molecule has 0 radical (unpaired) electrons. The first kappa shape index (κ1) is 44.6. The van der Waals surface area contributed by atoms with Gasteiger partial charge in [0.05, 0.1) is 0 Å². The number of unbranched alkanes of at least 4 members (excludes halogenated alkanes) is 1. The van der Waals surface area contributed by atoms with E-state index in [1.165, 1.54) is 57.8 Å². The molecular formula is C47H88N4O2. The zero-order chi connectivity index (χ0) is 38.9.